The van der Waals surface area contributed by atoms with Crippen LogP contribution in [0.15, 0.2) is 64.3 Å². The van der Waals surface area contributed by atoms with Crippen molar-refractivity contribution in [3.8, 4) is 11.3 Å². The van der Waals surface area contributed by atoms with Gasteiger partial charge >= 0.3 is 5.84 Å². The molecular formula is C23H20N4O2S. The van der Waals surface area contributed by atoms with Gasteiger partial charge in [0.2, 0.25) is 0 Å². The van der Waals surface area contributed by atoms with Gasteiger partial charge in [-0.25, -0.2) is 4.99 Å². The van der Waals surface area contributed by atoms with Gasteiger partial charge in [-0.1, -0.05) is 36.4 Å². The third-order valence-corrected chi connectivity index (χ3v) is 5.87. The number of aromatic nitrogens is 2. The zero-order valence-electron chi connectivity index (χ0n) is 16.2. The second kappa shape index (κ2) is 7.86. The second-order valence-corrected chi connectivity index (χ2v) is 7.81. The summed E-state index contributed by atoms with van der Waals surface area (Å²) in [7, 11) is 0. The van der Waals surface area contributed by atoms with Gasteiger partial charge in [-0.3, -0.25) is 9.20 Å². The van der Waals surface area contributed by atoms with Crippen LogP contribution in [-0.4, -0.2) is 32.5 Å². The van der Waals surface area contributed by atoms with Gasteiger partial charge in [0.05, 0.1) is 11.2 Å². The number of nitrogens with zero attached hydrogens (tertiary/aromatic N) is 3. The van der Waals surface area contributed by atoms with E-state index >= 15 is 0 Å². The Bertz CT molecular complexity index is 1280. The minimum Gasteiger partial charge on any atom is -0.432 e. The molecule has 7 heteroatoms. The van der Waals surface area contributed by atoms with Crippen molar-refractivity contribution in [2.75, 3.05) is 0 Å². The van der Waals surface area contributed by atoms with E-state index in [1.807, 2.05) is 24.3 Å². The van der Waals surface area contributed by atoms with Crippen LogP contribution in [0.4, 0.5) is 0 Å². The van der Waals surface area contributed by atoms with Crippen LogP contribution in [0.1, 0.15) is 36.2 Å². The minimum absolute atomic E-state index is 0.107. The van der Waals surface area contributed by atoms with E-state index in [2.05, 4.69) is 38.7 Å². The SMILES string of the molecule is O=C(NC1CCC(N=C=S)CC1)c1c(-c2ccc3ccccc3c2)nc2occn12. The van der Waals surface area contributed by atoms with Crippen molar-refractivity contribution in [1.82, 2.24) is 14.7 Å². The summed E-state index contributed by atoms with van der Waals surface area (Å²) in [6.07, 6.45) is 6.81. The molecule has 6 nitrogen and oxygen atoms in total. The average molecular weight is 417 g/mol. The maximum Gasteiger partial charge on any atom is 0.306 e. The van der Waals surface area contributed by atoms with Crippen molar-refractivity contribution in [2.45, 2.75) is 37.8 Å². The summed E-state index contributed by atoms with van der Waals surface area (Å²) in [4.78, 5) is 22.1. The van der Waals surface area contributed by atoms with Crippen LogP contribution in [0.2, 0.25) is 0 Å². The Kier molecular flexibility index (Phi) is 4.91. The molecule has 0 unspecified atom stereocenters. The number of thiocarbonyl (C=S) groups is 1. The van der Waals surface area contributed by atoms with Gasteiger partial charge in [0.1, 0.15) is 17.7 Å². The Balaban J connectivity index is 1.47. The number of amides is 1. The number of isothiocyanates is 1. The van der Waals surface area contributed by atoms with Crippen LogP contribution in [0.5, 0.6) is 0 Å². The largest absolute Gasteiger partial charge is 0.432 e. The van der Waals surface area contributed by atoms with Crippen LogP contribution in [-0.2, 0) is 0 Å². The molecular weight excluding hydrogens is 396 g/mol. The fourth-order valence-electron chi connectivity index (χ4n) is 4.22. The summed E-state index contributed by atoms with van der Waals surface area (Å²) < 4.78 is 7.18. The molecule has 0 atom stereocenters. The van der Waals surface area contributed by atoms with Gasteiger partial charge in [-0.15, -0.1) is 0 Å². The number of aliphatic imine (C=N–C) groups is 1. The van der Waals surface area contributed by atoms with Crippen LogP contribution in [0, 0.1) is 0 Å². The minimum atomic E-state index is -0.145. The molecule has 1 fully saturated rings. The molecule has 0 saturated heterocycles. The standard InChI is InChI=1S/C23H20N4O2S/c28-22(25-19-9-7-18(8-10-19)24-14-30)21-20(26-23-27(21)11-12-29-23)17-6-5-15-3-1-2-4-16(15)13-17/h1-6,11-13,18-19H,7-10H2,(H,25,28). The van der Waals surface area contributed by atoms with Crippen LogP contribution >= 0.6 is 12.2 Å². The normalized spacial score (nSPS) is 18.9. The van der Waals surface area contributed by atoms with Gasteiger partial charge < -0.3 is 9.73 Å². The topological polar surface area (TPSA) is 71.9 Å². The monoisotopic (exact) mass is 416 g/mol. The number of benzene rings is 2. The smallest absolute Gasteiger partial charge is 0.306 e. The number of carbonyl (C=O) groups is 1. The lowest BCUT2D eigenvalue weighted by molar-refractivity contribution is 0.0920. The molecule has 2 aromatic carbocycles. The van der Waals surface area contributed by atoms with E-state index < -0.39 is 0 Å². The molecule has 2 heterocycles. The molecule has 1 aliphatic carbocycles. The fraction of sp³-hybridized carbons (Fsp3) is 0.261. The summed E-state index contributed by atoms with van der Waals surface area (Å²) in [6.45, 7) is 0. The van der Waals surface area contributed by atoms with E-state index in [9.17, 15) is 4.79 Å². The van der Waals surface area contributed by atoms with E-state index in [0.717, 1.165) is 42.0 Å². The number of carbonyl (C=O) groups excluding carboxylic acids is 1. The first-order valence-electron chi connectivity index (χ1n) is 10.1. The lowest BCUT2D eigenvalue weighted by atomic mass is 9.91. The van der Waals surface area contributed by atoms with Crippen molar-refractivity contribution < 1.29 is 9.21 Å². The van der Waals surface area contributed by atoms with E-state index in [0.29, 0.717) is 17.2 Å². The molecule has 2 aromatic heterocycles. The Hall–Kier alpha value is -3.28. The summed E-state index contributed by atoms with van der Waals surface area (Å²) in [5, 5.41) is 7.90. The Morgan fingerprint density at radius 1 is 1.17 bits per heavy atom. The third-order valence-electron chi connectivity index (χ3n) is 5.77. The lowest BCUT2D eigenvalue weighted by Gasteiger charge is -2.26. The molecule has 1 saturated carbocycles. The van der Waals surface area contributed by atoms with Gasteiger partial charge in [0.25, 0.3) is 5.91 Å². The molecule has 4 aromatic rings. The van der Waals surface area contributed by atoms with Crippen molar-refractivity contribution in [3.63, 3.8) is 0 Å². The van der Waals surface area contributed by atoms with E-state index in [4.69, 9.17) is 16.6 Å². The number of fused-ring (bicyclic) bond motifs is 2. The molecule has 0 aliphatic heterocycles. The van der Waals surface area contributed by atoms with Crippen molar-refractivity contribution >= 4 is 39.9 Å². The molecule has 1 N–H and O–H groups in total. The highest BCUT2D eigenvalue weighted by molar-refractivity contribution is 7.78. The van der Waals surface area contributed by atoms with Gasteiger partial charge in [0.15, 0.2) is 0 Å². The highest BCUT2D eigenvalue weighted by Crippen LogP contribution is 2.29. The van der Waals surface area contributed by atoms with Crippen molar-refractivity contribution in [3.05, 3.63) is 60.6 Å². The van der Waals surface area contributed by atoms with E-state index in [1.165, 1.54) is 6.26 Å². The van der Waals surface area contributed by atoms with E-state index in [1.54, 1.807) is 10.6 Å². The maximum atomic E-state index is 13.3. The van der Waals surface area contributed by atoms with Gasteiger partial charge in [-0.05, 0) is 54.7 Å². The molecule has 30 heavy (non-hydrogen) atoms. The molecule has 5 rings (SSSR count). The summed E-state index contributed by atoms with van der Waals surface area (Å²) in [5.41, 5.74) is 2.00. The number of imidazole rings is 1. The first-order valence-corrected chi connectivity index (χ1v) is 10.5. The van der Waals surface area contributed by atoms with Crippen molar-refractivity contribution in [2.24, 2.45) is 4.99 Å². The summed E-state index contributed by atoms with van der Waals surface area (Å²) in [5.74, 6) is 0.260. The van der Waals surface area contributed by atoms with Crippen LogP contribution in [0.3, 0.4) is 0 Å². The second-order valence-electron chi connectivity index (χ2n) is 7.63. The molecule has 0 spiro atoms. The Morgan fingerprint density at radius 3 is 2.77 bits per heavy atom. The number of oxazole rings is 1. The predicted molar refractivity (Wildman–Crippen MR) is 119 cm³/mol. The molecule has 150 valence electrons. The number of nitrogens with one attached hydrogen (secondary N) is 1. The Labute approximate surface area is 178 Å². The number of hydrogen-bond donors (Lipinski definition) is 1. The van der Waals surface area contributed by atoms with Crippen molar-refractivity contribution in [1.29, 1.82) is 0 Å². The highest BCUT2D eigenvalue weighted by Gasteiger charge is 2.27. The zero-order chi connectivity index (χ0) is 20.5. The lowest BCUT2D eigenvalue weighted by Crippen LogP contribution is -2.39. The molecule has 0 bridgehead atoms. The zero-order valence-corrected chi connectivity index (χ0v) is 17.1. The Morgan fingerprint density at radius 2 is 1.97 bits per heavy atom. The van der Waals surface area contributed by atoms with Gasteiger partial charge in [0, 0.05) is 17.8 Å². The predicted octanol–water partition coefficient (Wildman–Crippen LogP) is 4.89. The first kappa shape index (κ1) is 18.7. The summed E-state index contributed by atoms with van der Waals surface area (Å²) in [6, 6.07) is 14.6. The number of hydrogen-bond acceptors (Lipinski definition) is 5. The molecule has 1 amide bonds. The number of rotatable bonds is 4. The quantitative estimate of drug-likeness (QED) is 0.380. The maximum absolute atomic E-state index is 13.3. The third kappa shape index (κ3) is 3.43. The fourth-order valence-corrected chi connectivity index (χ4v) is 4.37. The van der Waals surface area contributed by atoms with Crippen LogP contribution in [0.25, 0.3) is 27.9 Å². The molecule has 1 aliphatic rings. The van der Waals surface area contributed by atoms with Crippen LogP contribution < -0.4 is 5.32 Å². The first-order chi connectivity index (χ1) is 14.7. The highest BCUT2D eigenvalue weighted by atomic mass is 32.1. The summed E-state index contributed by atoms with van der Waals surface area (Å²) >= 11 is 4.71. The van der Waals surface area contributed by atoms with Gasteiger partial charge in [-0.2, -0.15) is 4.98 Å². The molecule has 0 radical (unpaired) electrons. The average Bonchev–Trinajstić information content (AvgIpc) is 3.36. The van der Waals surface area contributed by atoms with E-state index in [-0.39, 0.29) is 18.0 Å².